The second kappa shape index (κ2) is 4.08. The zero-order valence-corrected chi connectivity index (χ0v) is 10.1. The third-order valence-corrected chi connectivity index (χ3v) is 3.33. The summed E-state index contributed by atoms with van der Waals surface area (Å²) >= 11 is 0. The third kappa shape index (κ3) is 1.80. The maximum atomic E-state index is 12.2. The molecule has 1 aromatic carbocycles. The van der Waals surface area contributed by atoms with Gasteiger partial charge in [-0.05, 0) is 18.4 Å². The first kappa shape index (κ1) is 12.0. The molecule has 0 amide bonds. The van der Waals surface area contributed by atoms with Crippen LogP contribution in [0.15, 0.2) is 24.3 Å². The highest BCUT2D eigenvalue weighted by Crippen LogP contribution is 2.31. The number of benzene rings is 1. The molecule has 0 saturated heterocycles. The van der Waals surface area contributed by atoms with E-state index in [2.05, 4.69) is 0 Å². The van der Waals surface area contributed by atoms with E-state index in [1.54, 1.807) is 26.0 Å². The highest BCUT2D eigenvalue weighted by atomic mass is 16.3. The largest absolute Gasteiger partial charge is 0.374 e. The van der Waals surface area contributed by atoms with E-state index in [1.807, 2.05) is 12.1 Å². The number of fused-ring (bicyclic) bond motifs is 1. The van der Waals surface area contributed by atoms with Gasteiger partial charge in [0.1, 0.15) is 0 Å². The standard InChI is InChI=1S/C14H16O3/c1-9(2)12(15)14(17)8-7-10-5-3-4-6-11(10)13(14)16/h3-6,9,17H,7-8H2,1-2H3. The molecule has 1 aliphatic carbocycles. The lowest BCUT2D eigenvalue weighted by Crippen LogP contribution is -2.51. The molecule has 0 bridgehead atoms. The predicted octanol–water partition coefficient (Wildman–Crippen LogP) is 1.77. The normalized spacial score (nSPS) is 23.6. The molecule has 0 fully saturated rings. The number of hydrogen-bond acceptors (Lipinski definition) is 3. The second-order valence-corrected chi connectivity index (χ2v) is 4.87. The van der Waals surface area contributed by atoms with Crippen LogP contribution in [-0.2, 0) is 11.2 Å². The summed E-state index contributed by atoms with van der Waals surface area (Å²) in [5.74, 6) is -1.16. The van der Waals surface area contributed by atoms with Crippen molar-refractivity contribution in [2.24, 2.45) is 5.92 Å². The van der Waals surface area contributed by atoms with Gasteiger partial charge in [0.2, 0.25) is 5.78 Å². The minimum atomic E-state index is -1.82. The van der Waals surface area contributed by atoms with Crippen LogP contribution in [0.4, 0.5) is 0 Å². The Morgan fingerprint density at radius 2 is 2.00 bits per heavy atom. The molecular weight excluding hydrogens is 216 g/mol. The van der Waals surface area contributed by atoms with Crippen LogP contribution in [0.1, 0.15) is 36.2 Å². The molecule has 0 spiro atoms. The Morgan fingerprint density at radius 3 is 2.65 bits per heavy atom. The number of aliphatic hydroxyl groups is 1. The zero-order valence-electron chi connectivity index (χ0n) is 10.1. The second-order valence-electron chi connectivity index (χ2n) is 4.87. The molecule has 90 valence electrons. The van der Waals surface area contributed by atoms with Gasteiger partial charge in [-0.15, -0.1) is 0 Å². The van der Waals surface area contributed by atoms with Crippen LogP contribution >= 0.6 is 0 Å². The van der Waals surface area contributed by atoms with E-state index in [0.29, 0.717) is 12.0 Å². The van der Waals surface area contributed by atoms with E-state index in [0.717, 1.165) is 5.56 Å². The Bertz CT molecular complexity index is 476. The van der Waals surface area contributed by atoms with Gasteiger partial charge < -0.3 is 5.11 Å². The number of carbonyl (C=O) groups excluding carboxylic acids is 2. The minimum absolute atomic E-state index is 0.194. The Kier molecular flexibility index (Phi) is 2.87. The third-order valence-electron chi connectivity index (χ3n) is 3.33. The molecule has 1 aromatic rings. The fourth-order valence-corrected chi connectivity index (χ4v) is 2.32. The monoisotopic (exact) mass is 232 g/mol. The number of hydrogen-bond donors (Lipinski definition) is 1. The summed E-state index contributed by atoms with van der Waals surface area (Å²) in [5, 5.41) is 10.3. The molecule has 2 rings (SSSR count). The lowest BCUT2D eigenvalue weighted by molar-refractivity contribution is -0.136. The van der Waals surface area contributed by atoms with E-state index in [-0.39, 0.29) is 18.1 Å². The quantitative estimate of drug-likeness (QED) is 0.791. The summed E-state index contributed by atoms with van der Waals surface area (Å²) in [6, 6.07) is 7.16. The summed E-state index contributed by atoms with van der Waals surface area (Å²) in [6.07, 6.45) is 0.761. The van der Waals surface area contributed by atoms with Crippen molar-refractivity contribution < 1.29 is 14.7 Å². The van der Waals surface area contributed by atoms with Gasteiger partial charge in [-0.1, -0.05) is 38.1 Å². The molecule has 0 saturated carbocycles. The Morgan fingerprint density at radius 1 is 1.35 bits per heavy atom. The van der Waals surface area contributed by atoms with Crippen molar-refractivity contribution in [3.8, 4) is 0 Å². The van der Waals surface area contributed by atoms with Gasteiger partial charge in [0.25, 0.3) is 0 Å². The summed E-state index contributed by atoms with van der Waals surface area (Å²) < 4.78 is 0. The van der Waals surface area contributed by atoms with Crippen molar-refractivity contribution in [1.29, 1.82) is 0 Å². The van der Waals surface area contributed by atoms with Crippen molar-refractivity contribution >= 4 is 11.6 Å². The summed E-state index contributed by atoms with van der Waals surface area (Å²) in [4.78, 5) is 24.2. The van der Waals surface area contributed by atoms with Crippen molar-refractivity contribution in [1.82, 2.24) is 0 Å². The zero-order chi connectivity index (χ0) is 12.6. The summed E-state index contributed by atoms with van der Waals surface area (Å²) in [5.41, 5.74) is -0.420. The van der Waals surface area contributed by atoms with Crippen molar-refractivity contribution in [2.75, 3.05) is 0 Å². The van der Waals surface area contributed by atoms with E-state index in [1.165, 1.54) is 0 Å². The fraction of sp³-hybridized carbons (Fsp3) is 0.429. The average molecular weight is 232 g/mol. The predicted molar refractivity (Wildman–Crippen MR) is 63.9 cm³/mol. The molecule has 0 aromatic heterocycles. The smallest absolute Gasteiger partial charge is 0.202 e. The lowest BCUT2D eigenvalue weighted by Gasteiger charge is -2.31. The van der Waals surface area contributed by atoms with E-state index < -0.39 is 11.4 Å². The van der Waals surface area contributed by atoms with Crippen LogP contribution in [0.3, 0.4) is 0 Å². The van der Waals surface area contributed by atoms with Gasteiger partial charge in [0.15, 0.2) is 11.4 Å². The van der Waals surface area contributed by atoms with Crippen LogP contribution < -0.4 is 0 Å². The fourth-order valence-electron chi connectivity index (χ4n) is 2.32. The molecule has 0 heterocycles. The summed E-state index contributed by atoms with van der Waals surface area (Å²) in [6.45, 7) is 3.40. The Labute approximate surface area is 100 Å². The highest BCUT2D eigenvalue weighted by molar-refractivity contribution is 6.19. The van der Waals surface area contributed by atoms with E-state index in [4.69, 9.17) is 0 Å². The minimum Gasteiger partial charge on any atom is -0.374 e. The van der Waals surface area contributed by atoms with Crippen molar-refractivity contribution in [2.45, 2.75) is 32.3 Å². The molecule has 3 nitrogen and oxygen atoms in total. The number of carbonyl (C=O) groups is 2. The van der Waals surface area contributed by atoms with Crippen LogP contribution in [0.2, 0.25) is 0 Å². The number of Topliss-reactive ketones (excluding diaryl/α,β-unsaturated/α-hetero) is 2. The molecule has 17 heavy (non-hydrogen) atoms. The van der Waals surface area contributed by atoms with Crippen LogP contribution in [0, 0.1) is 5.92 Å². The van der Waals surface area contributed by atoms with Crippen molar-refractivity contribution in [3.63, 3.8) is 0 Å². The van der Waals surface area contributed by atoms with Crippen LogP contribution in [-0.4, -0.2) is 22.3 Å². The van der Waals surface area contributed by atoms with Gasteiger partial charge in [-0.25, -0.2) is 0 Å². The van der Waals surface area contributed by atoms with Gasteiger partial charge in [-0.2, -0.15) is 0 Å². The first-order valence-corrected chi connectivity index (χ1v) is 5.86. The maximum Gasteiger partial charge on any atom is 0.202 e. The van der Waals surface area contributed by atoms with E-state index in [9.17, 15) is 14.7 Å². The highest BCUT2D eigenvalue weighted by Gasteiger charge is 2.47. The van der Waals surface area contributed by atoms with Crippen molar-refractivity contribution in [3.05, 3.63) is 35.4 Å². The SMILES string of the molecule is CC(C)C(=O)C1(O)CCc2ccccc2C1=O. The molecule has 1 unspecified atom stereocenters. The maximum absolute atomic E-state index is 12.2. The number of aryl methyl sites for hydroxylation is 1. The molecular formula is C14H16O3. The number of rotatable bonds is 2. The first-order valence-electron chi connectivity index (χ1n) is 5.86. The number of ketones is 2. The van der Waals surface area contributed by atoms with Crippen LogP contribution in [0.5, 0.6) is 0 Å². The Hall–Kier alpha value is -1.48. The molecule has 0 radical (unpaired) electrons. The van der Waals surface area contributed by atoms with Gasteiger partial charge in [0, 0.05) is 11.5 Å². The van der Waals surface area contributed by atoms with Gasteiger partial charge >= 0.3 is 0 Å². The Balaban J connectivity index is 2.44. The topological polar surface area (TPSA) is 54.4 Å². The van der Waals surface area contributed by atoms with Gasteiger partial charge in [-0.3, -0.25) is 9.59 Å². The lowest BCUT2D eigenvalue weighted by atomic mass is 9.74. The van der Waals surface area contributed by atoms with E-state index >= 15 is 0 Å². The molecule has 1 atom stereocenters. The average Bonchev–Trinajstić information content (AvgIpc) is 2.33. The van der Waals surface area contributed by atoms with Gasteiger partial charge in [0.05, 0.1) is 0 Å². The molecule has 1 aliphatic rings. The first-order chi connectivity index (χ1) is 7.97. The molecule has 0 aliphatic heterocycles. The molecule has 1 N–H and O–H groups in total. The van der Waals surface area contributed by atoms with Crippen LogP contribution in [0.25, 0.3) is 0 Å². The molecule has 3 heteroatoms. The summed E-state index contributed by atoms with van der Waals surface area (Å²) in [7, 11) is 0.